The average Bonchev–Trinajstić information content (AvgIpc) is 2.86. The molecule has 0 unspecified atom stereocenters. The number of nitrogens with zero attached hydrogens (tertiary/aromatic N) is 1. The van der Waals surface area contributed by atoms with Crippen LogP contribution in [0.4, 0.5) is 5.69 Å². The van der Waals surface area contributed by atoms with Crippen LogP contribution in [0, 0.1) is 6.92 Å². The van der Waals surface area contributed by atoms with Gasteiger partial charge in [-0.05, 0) is 24.6 Å². The second-order valence-electron chi connectivity index (χ2n) is 4.02. The van der Waals surface area contributed by atoms with Gasteiger partial charge in [-0.25, -0.2) is 18.1 Å². The van der Waals surface area contributed by atoms with E-state index in [0.717, 1.165) is 0 Å². The Kier molecular flexibility index (Phi) is 3.79. The zero-order valence-electron chi connectivity index (χ0n) is 10.1. The topological polar surface area (TPSA) is 101 Å². The number of halogens is 1. The molecule has 1 aromatic carbocycles. The number of aromatic nitrogens is 2. The summed E-state index contributed by atoms with van der Waals surface area (Å²) in [5, 5.41) is 0.321. The fourth-order valence-corrected chi connectivity index (χ4v) is 2.83. The van der Waals surface area contributed by atoms with Crippen LogP contribution in [0.25, 0.3) is 0 Å². The van der Waals surface area contributed by atoms with Crippen molar-refractivity contribution < 1.29 is 8.42 Å². The van der Waals surface area contributed by atoms with E-state index in [9.17, 15) is 8.42 Å². The number of hydrogen-bond acceptors (Lipinski definition) is 4. The summed E-state index contributed by atoms with van der Waals surface area (Å²) < 4.78 is 26.6. The predicted molar refractivity (Wildman–Crippen MR) is 73.2 cm³/mol. The van der Waals surface area contributed by atoms with Gasteiger partial charge in [-0.2, -0.15) is 0 Å². The maximum Gasteiger partial charge on any atom is 0.241 e. The maximum atomic E-state index is 12.1. The van der Waals surface area contributed by atoms with E-state index in [2.05, 4.69) is 14.7 Å². The molecule has 1 heterocycles. The Morgan fingerprint density at radius 3 is 2.79 bits per heavy atom. The van der Waals surface area contributed by atoms with Crippen LogP contribution in [-0.4, -0.2) is 18.4 Å². The zero-order chi connectivity index (χ0) is 14.0. The molecule has 0 radical (unpaired) electrons. The van der Waals surface area contributed by atoms with E-state index in [1.54, 1.807) is 13.1 Å². The molecule has 0 bridgehead atoms. The second-order valence-corrected chi connectivity index (χ2v) is 6.19. The van der Waals surface area contributed by atoms with Crippen LogP contribution < -0.4 is 10.5 Å². The number of hydrogen-bond donors (Lipinski definition) is 3. The number of imidazole rings is 1. The Labute approximate surface area is 116 Å². The van der Waals surface area contributed by atoms with Gasteiger partial charge in [-0.3, -0.25) is 0 Å². The van der Waals surface area contributed by atoms with Gasteiger partial charge in [0, 0.05) is 22.6 Å². The van der Waals surface area contributed by atoms with Gasteiger partial charge >= 0.3 is 0 Å². The number of nitrogens with one attached hydrogen (secondary N) is 2. The van der Waals surface area contributed by atoms with Crippen LogP contribution in [0.2, 0.25) is 5.02 Å². The van der Waals surface area contributed by atoms with E-state index >= 15 is 0 Å². The molecule has 0 fully saturated rings. The summed E-state index contributed by atoms with van der Waals surface area (Å²) in [6.07, 6.45) is 3.02. The van der Waals surface area contributed by atoms with Crippen LogP contribution in [-0.2, 0) is 16.6 Å². The van der Waals surface area contributed by atoms with E-state index in [0.29, 0.717) is 22.0 Å². The lowest BCUT2D eigenvalue weighted by Crippen LogP contribution is -2.23. The Morgan fingerprint density at radius 2 is 2.21 bits per heavy atom. The Hall–Kier alpha value is -1.57. The van der Waals surface area contributed by atoms with Crippen LogP contribution in [0.5, 0.6) is 0 Å². The highest BCUT2D eigenvalue weighted by Gasteiger charge is 2.16. The first-order chi connectivity index (χ1) is 8.90. The SMILES string of the molecule is Cc1c(N)cc(S(=O)(=O)NCc2cnc[nH]2)cc1Cl. The summed E-state index contributed by atoms with van der Waals surface area (Å²) in [7, 11) is -3.66. The Morgan fingerprint density at radius 1 is 1.47 bits per heavy atom. The van der Waals surface area contributed by atoms with Crippen molar-refractivity contribution in [3.63, 3.8) is 0 Å². The molecule has 0 aliphatic rings. The summed E-state index contributed by atoms with van der Waals surface area (Å²) in [6.45, 7) is 1.85. The molecular weight excluding hydrogens is 288 g/mol. The van der Waals surface area contributed by atoms with E-state index in [1.165, 1.54) is 18.5 Å². The third-order valence-electron chi connectivity index (χ3n) is 2.68. The van der Waals surface area contributed by atoms with E-state index in [-0.39, 0.29) is 11.4 Å². The predicted octanol–water partition coefficient (Wildman–Crippen LogP) is 1.43. The van der Waals surface area contributed by atoms with Gasteiger partial charge in [0.2, 0.25) is 10.0 Å². The minimum Gasteiger partial charge on any atom is -0.398 e. The van der Waals surface area contributed by atoms with Crippen molar-refractivity contribution in [2.75, 3.05) is 5.73 Å². The van der Waals surface area contributed by atoms with E-state index in [4.69, 9.17) is 17.3 Å². The number of anilines is 1. The highest BCUT2D eigenvalue weighted by molar-refractivity contribution is 7.89. The third-order valence-corrected chi connectivity index (χ3v) is 4.45. The second kappa shape index (κ2) is 5.20. The van der Waals surface area contributed by atoms with Crippen molar-refractivity contribution in [3.05, 3.63) is 40.9 Å². The molecule has 0 spiro atoms. The van der Waals surface area contributed by atoms with Crippen molar-refractivity contribution >= 4 is 27.3 Å². The third kappa shape index (κ3) is 3.06. The van der Waals surface area contributed by atoms with Crippen LogP contribution in [0.1, 0.15) is 11.3 Å². The van der Waals surface area contributed by atoms with Crippen molar-refractivity contribution in [2.45, 2.75) is 18.4 Å². The Bertz CT molecular complexity index is 660. The lowest BCUT2D eigenvalue weighted by atomic mass is 10.2. The summed E-state index contributed by atoms with van der Waals surface area (Å²) in [4.78, 5) is 6.65. The number of sulfonamides is 1. The molecule has 6 nitrogen and oxygen atoms in total. The molecule has 8 heteroatoms. The number of benzene rings is 1. The molecule has 0 atom stereocenters. The maximum absolute atomic E-state index is 12.1. The monoisotopic (exact) mass is 300 g/mol. The smallest absolute Gasteiger partial charge is 0.241 e. The first kappa shape index (κ1) is 13.9. The fourth-order valence-electron chi connectivity index (χ4n) is 1.47. The molecule has 0 saturated carbocycles. The Balaban J connectivity index is 2.24. The summed E-state index contributed by atoms with van der Waals surface area (Å²) in [5.41, 5.74) is 7.38. The van der Waals surface area contributed by atoms with Crippen molar-refractivity contribution in [1.29, 1.82) is 0 Å². The normalized spacial score (nSPS) is 11.7. The zero-order valence-corrected chi connectivity index (χ0v) is 11.7. The van der Waals surface area contributed by atoms with E-state index in [1.807, 2.05) is 0 Å². The fraction of sp³-hybridized carbons (Fsp3) is 0.182. The summed E-state index contributed by atoms with van der Waals surface area (Å²) in [5.74, 6) is 0. The van der Waals surface area contributed by atoms with Crippen molar-refractivity contribution in [2.24, 2.45) is 0 Å². The molecule has 4 N–H and O–H groups in total. The first-order valence-corrected chi connectivity index (χ1v) is 7.29. The van der Waals surface area contributed by atoms with Gasteiger partial charge in [0.15, 0.2) is 0 Å². The lowest BCUT2D eigenvalue weighted by Gasteiger charge is -2.09. The number of nitrogen functional groups attached to an aromatic ring is 1. The van der Waals surface area contributed by atoms with Gasteiger partial charge in [-0.15, -0.1) is 0 Å². The van der Waals surface area contributed by atoms with E-state index < -0.39 is 10.0 Å². The van der Waals surface area contributed by atoms with Gasteiger partial charge in [0.1, 0.15) is 0 Å². The van der Waals surface area contributed by atoms with Gasteiger partial charge in [-0.1, -0.05) is 11.6 Å². The van der Waals surface area contributed by atoms with Gasteiger partial charge < -0.3 is 10.7 Å². The quantitative estimate of drug-likeness (QED) is 0.744. The summed E-state index contributed by atoms with van der Waals surface area (Å²) in [6, 6.07) is 2.76. The average molecular weight is 301 g/mol. The number of H-pyrrole nitrogens is 1. The lowest BCUT2D eigenvalue weighted by molar-refractivity contribution is 0.580. The van der Waals surface area contributed by atoms with Gasteiger partial charge in [0.05, 0.1) is 17.8 Å². The number of aromatic amines is 1. The van der Waals surface area contributed by atoms with Crippen molar-refractivity contribution in [3.8, 4) is 0 Å². The van der Waals surface area contributed by atoms with Crippen molar-refractivity contribution in [1.82, 2.24) is 14.7 Å². The van der Waals surface area contributed by atoms with Gasteiger partial charge in [0.25, 0.3) is 0 Å². The first-order valence-electron chi connectivity index (χ1n) is 5.42. The van der Waals surface area contributed by atoms with Crippen LogP contribution in [0.15, 0.2) is 29.6 Å². The molecular formula is C11H13ClN4O2S. The molecule has 0 aliphatic heterocycles. The number of nitrogens with two attached hydrogens (primary N) is 1. The van der Waals surface area contributed by atoms with Crippen LogP contribution in [0.3, 0.4) is 0 Å². The highest BCUT2D eigenvalue weighted by Crippen LogP contribution is 2.25. The highest BCUT2D eigenvalue weighted by atomic mass is 35.5. The standard InChI is InChI=1S/C11H13ClN4O2S/c1-7-10(12)2-9(3-11(7)13)19(17,18)16-5-8-4-14-6-15-8/h2-4,6,16H,5,13H2,1H3,(H,14,15). The molecule has 0 aliphatic carbocycles. The molecule has 0 amide bonds. The van der Waals surface area contributed by atoms with Crippen LogP contribution >= 0.6 is 11.6 Å². The summed E-state index contributed by atoms with van der Waals surface area (Å²) >= 11 is 5.94. The molecule has 102 valence electrons. The molecule has 1 aromatic heterocycles. The molecule has 2 rings (SSSR count). The molecule has 19 heavy (non-hydrogen) atoms. The minimum absolute atomic E-state index is 0.0418. The minimum atomic E-state index is -3.66. The largest absolute Gasteiger partial charge is 0.398 e. The molecule has 2 aromatic rings. The number of rotatable bonds is 4. The molecule has 0 saturated heterocycles.